The molecule has 1 N–H and O–H groups in total. The molecule has 0 bridgehead atoms. The lowest BCUT2D eigenvalue weighted by atomic mass is 10.0. The largest absolute Gasteiger partial charge is 0.452 e. The van der Waals surface area contributed by atoms with Crippen LogP contribution in [0.2, 0.25) is 0 Å². The molecule has 4 rings (SSSR count). The van der Waals surface area contributed by atoms with Gasteiger partial charge in [0.15, 0.2) is 11.4 Å². The van der Waals surface area contributed by atoms with Gasteiger partial charge in [-0.2, -0.15) is 0 Å². The van der Waals surface area contributed by atoms with Gasteiger partial charge in [-0.1, -0.05) is 24.3 Å². The van der Waals surface area contributed by atoms with Gasteiger partial charge in [-0.25, -0.2) is 9.97 Å². The normalized spacial score (nSPS) is 11.7. The number of furan rings is 1. The Morgan fingerprint density at radius 2 is 1.75 bits per heavy atom. The second kappa shape index (κ2) is 6.65. The second-order valence-electron chi connectivity index (χ2n) is 7.17. The number of aliphatic hydroxyl groups is 1. The summed E-state index contributed by atoms with van der Waals surface area (Å²) in [5, 5.41) is 10.2. The summed E-state index contributed by atoms with van der Waals surface area (Å²) in [6, 6.07) is 12.7. The summed E-state index contributed by atoms with van der Waals surface area (Å²) in [7, 11) is 0. The molecule has 6 heteroatoms. The van der Waals surface area contributed by atoms with Gasteiger partial charge in [0, 0.05) is 29.0 Å². The van der Waals surface area contributed by atoms with E-state index in [9.17, 15) is 9.90 Å². The number of aromatic nitrogens is 3. The highest BCUT2D eigenvalue weighted by Gasteiger charge is 2.20. The molecule has 28 heavy (non-hydrogen) atoms. The summed E-state index contributed by atoms with van der Waals surface area (Å²) in [5.74, 6) is 0.660. The lowest BCUT2D eigenvalue weighted by Gasteiger charge is -2.16. The van der Waals surface area contributed by atoms with Crippen molar-refractivity contribution >= 4 is 16.9 Å². The van der Waals surface area contributed by atoms with Gasteiger partial charge in [0.2, 0.25) is 0 Å². The zero-order chi connectivity index (χ0) is 19.9. The first-order chi connectivity index (χ1) is 13.3. The number of benzene rings is 1. The fourth-order valence-electron chi connectivity index (χ4n) is 2.98. The fourth-order valence-corrected chi connectivity index (χ4v) is 2.98. The van der Waals surface area contributed by atoms with Crippen molar-refractivity contribution in [2.75, 3.05) is 0 Å². The molecule has 0 spiro atoms. The van der Waals surface area contributed by atoms with Gasteiger partial charge in [0.1, 0.15) is 28.9 Å². The third-order valence-electron chi connectivity index (χ3n) is 4.55. The number of hydrogen-bond donors (Lipinski definition) is 1. The minimum atomic E-state index is -1.06. The van der Waals surface area contributed by atoms with Gasteiger partial charge < -0.3 is 9.52 Å². The van der Waals surface area contributed by atoms with Gasteiger partial charge in [0.05, 0.1) is 5.69 Å². The molecule has 0 saturated carbocycles. The molecule has 0 saturated heterocycles. The lowest BCUT2D eigenvalue weighted by Crippen LogP contribution is -2.17. The summed E-state index contributed by atoms with van der Waals surface area (Å²) in [6.45, 7) is 4.91. The van der Waals surface area contributed by atoms with Gasteiger partial charge in [0.25, 0.3) is 0 Å². The molecule has 0 aliphatic rings. The monoisotopic (exact) mass is 373 g/mol. The van der Waals surface area contributed by atoms with Crippen molar-refractivity contribution in [2.45, 2.75) is 26.4 Å². The summed E-state index contributed by atoms with van der Waals surface area (Å²) >= 11 is 0. The van der Waals surface area contributed by atoms with Crippen LogP contribution in [0.3, 0.4) is 0 Å². The maximum absolute atomic E-state index is 11.5. The predicted octanol–water partition coefficient (Wildman–Crippen LogP) is 4.38. The standard InChI is InChI=1S/C22H19N3O3/c1-13(26)14-4-6-15(7-5-14)18-11-17-21(28-18)20(25-12-24-17)16-8-9-23-19(10-16)22(2,3)27/h4-12,27H,1-3H3. The Bertz CT molecular complexity index is 1170. The van der Waals surface area contributed by atoms with Crippen molar-refractivity contribution in [3.63, 3.8) is 0 Å². The average molecular weight is 373 g/mol. The molecule has 0 amide bonds. The van der Waals surface area contributed by atoms with E-state index in [1.165, 1.54) is 13.3 Å². The number of fused-ring (bicyclic) bond motifs is 1. The van der Waals surface area contributed by atoms with Crippen molar-refractivity contribution < 1.29 is 14.3 Å². The van der Waals surface area contributed by atoms with Gasteiger partial charge in [-0.05, 0) is 32.9 Å². The molecular weight excluding hydrogens is 354 g/mol. The summed E-state index contributed by atoms with van der Waals surface area (Å²) in [4.78, 5) is 24.4. The number of nitrogens with zero attached hydrogens (tertiary/aromatic N) is 3. The van der Waals surface area contributed by atoms with Crippen LogP contribution < -0.4 is 0 Å². The van der Waals surface area contributed by atoms with E-state index in [-0.39, 0.29) is 5.78 Å². The fraction of sp³-hybridized carbons (Fsp3) is 0.182. The quantitative estimate of drug-likeness (QED) is 0.534. The van der Waals surface area contributed by atoms with Crippen LogP contribution in [0.25, 0.3) is 33.7 Å². The topological polar surface area (TPSA) is 89.1 Å². The van der Waals surface area contributed by atoms with E-state index in [2.05, 4.69) is 15.0 Å². The summed E-state index contributed by atoms with van der Waals surface area (Å²) in [5.41, 5.74) is 3.63. The van der Waals surface area contributed by atoms with Gasteiger partial charge in [-0.15, -0.1) is 0 Å². The number of carbonyl (C=O) groups is 1. The highest BCUT2D eigenvalue weighted by atomic mass is 16.3. The average Bonchev–Trinajstić information content (AvgIpc) is 3.12. The van der Waals surface area contributed by atoms with Crippen LogP contribution >= 0.6 is 0 Å². The molecule has 0 fully saturated rings. The van der Waals surface area contributed by atoms with Crippen LogP contribution in [0.5, 0.6) is 0 Å². The molecule has 140 valence electrons. The number of hydrogen-bond acceptors (Lipinski definition) is 6. The number of rotatable bonds is 4. The molecular formula is C22H19N3O3. The van der Waals surface area contributed by atoms with Gasteiger partial charge in [-0.3, -0.25) is 9.78 Å². The number of Topliss-reactive ketones (excluding diaryl/α,β-unsaturated/α-hetero) is 1. The maximum atomic E-state index is 11.5. The second-order valence-corrected chi connectivity index (χ2v) is 7.17. The third-order valence-corrected chi connectivity index (χ3v) is 4.55. The Labute approximate surface area is 161 Å². The first-order valence-electron chi connectivity index (χ1n) is 8.88. The number of pyridine rings is 1. The zero-order valence-corrected chi connectivity index (χ0v) is 15.8. The van der Waals surface area contributed by atoms with E-state index in [1.54, 1.807) is 38.2 Å². The predicted molar refractivity (Wildman–Crippen MR) is 106 cm³/mol. The van der Waals surface area contributed by atoms with Crippen molar-refractivity contribution in [3.05, 3.63) is 66.2 Å². The molecule has 1 aromatic carbocycles. The minimum Gasteiger partial charge on any atom is -0.452 e. The van der Waals surface area contributed by atoms with E-state index in [0.717, 1.165) is 11.1 Å². The highest BCUT2D eigenvalue weighted by Crippen LogP contribution is 2.33. The number of ketones is 1. The smallest absolute Gasteiger partial charge is 0.179 e. The minimum absolute atomic E-state index is 0.0182. The molecule has 3 heterocycles. The molecule has 0 unspecified atom stereocenters. The molecule has 0 aliphatic heterocycles. The van der Waals surface area contributed by atoms with Crippen LogP contribution in [-0.2, 0) is 5.60 Å². The first kappa shape index (κ1) is 18.0. The molecule has 0 radical (unpaired) electrons. The highest BCUT2D eigenvalue weighted by molar-refractivity contribution is 5.95. The lowest BCUT2D eigenvalue weighted by molar-refractivity contribution is 0.0739. The molecule has 4 aromatic rings. The van der Waals surface area contributed by atoms with Crippen LogP contribution in [0.4, 0.5) is 0 Å². The zero-order valence-electron chi connectivity index (χ0n) is 15.8. The van der Waals surface area contributed by atoms with Crippen LogP contribution in [0.1, 0.15) is 36.8 Å². The summed E-state index contributed by atoms with van der Waals surface area (Å²) < 4.78 is 6.07. The van der Waals surface area contributed by atoms with Crippen molar-refractivity contribution in [3.8, 4) is 22.6 Å². The van der Waals surface area contributed by atoms with Crippen molar-refractivity contribution in [1.82, 2.24) is 15.0 Å². The summed E-state index contributed by atoms with van der Waals surface area (Å²) in [6.07, 6.45) is 3.13. The Morgan fingerprint density at radius 1 is 1.00 bits per heavy atom. The van der Waals surface area contributed by atoms with E-state index < -0.39 is 5.60 Å². The molecule has 3 aromatic heterocycles. The molecule has 0 aliphatic carbocycles. The third kappa shape index (κ3) is 3.30. The van der Waals surface area contributed by atoms with Crippen LogP contribution in [0, 0.1) is 0 Å². The SMILES string of the molecule is CC(=O)c1ccc(-c2cc3ncnc(-c4ccnc(C(C)(C)O)c4)c3o2)cc1. The Balaban J connectivity index is 1.81. The van der Waals surface area contributed by atoms with E-state index in [1.807, 2.05) is 24.3 Å². The molecule has 0 atom stereocenters. The van der Waals surface area contributed by atoms with Crippen LogP contribution in [0.15, 0.2) is 59.4 Å². The maximum Gasteiger partial charge on any atom is 0.179 e. The Kier molecular flexibility index (Phi) is 4.28. The van der Waals surface area contributed by atoms with Crippen molar-refractivity contribution in [2.24, 2.45) is 0 Å². The Morgan fingerprint density at radius 3 is 2.43 bits per heavy atom. The van der Waals surface area contributed by atoms with E-state index in [0.29, 0.717) is 33.8 Å². The Hall–Kier alpha value is -3.38. The number of carbonyl (C=O) groups excluding carboxylic acids is 1. The molecule has 6 nitrogen and oxygen atoms in total. The van der Waals surface area contributed by atoms with Crippen LogP contribution in [-0.4, -0.2) is 25.8 Å². The van der Waals surface area contributed by atoms with E-state index >= 15 is 0 Å². The van der Waals surface area contributed by atoms with Gasteiger partial charge >= 0.3 is 0 Å². The first-order valence-corrected chi connectivity index (χ1v) is 8.88. The van der Waals surface area contributed by atoms with Crippen molar-refractivity contribution in [1.29, 1.82) is 0 Å². The van der Waals surface area contributed by atoms with E-state index in [4.69, 9.17) is 4.42 Å².